The first-order valence-electron chi connectivity index (χ1n) is 6.03. The predicted molar refractivity (Wildman–Crippen MR) is 78.4 cm³/mol. The van der Waals surface area contributed by atoms with Crippen LogP contribution in [0.5, 0.6) is 0 Å². The molecule has 0 spiro atoms. The van der Waals surface area contributed by atoms with E-state index < -0.39 is 0 Å². The second-order valence-electron chi connectivity index (χ2n) is 3.85. The minimum Gasteiger partial charge on any atom is -0.376 e. The Morgan fingerprint density at radius 1 is 1.12 bits per heavy atom. The van der Waals surface area contributed by atoms with Crippen molar-refractivity contribution in [3.05, 3.63) is 30.3 Å². The smallest absolute Gasteiger partial charge is 0.170 e. The third kappa shape index (κ3) is 4.32. The highest BCUT2D eigenvalue weighted by atomic mass is 32.1. The molecule has 0 unspecified atom stereocenters. The average molecular weight is 251 g/mol. The standard InChI is InChI=1S/C13H21N3S/c1-3-15(4-2)10-11-16(13(14)17)12-8-6-5-7-9-12/h5-9H,3-4,10-11H2,1-2H3,(H2,14,17). The Hall–Kier alpha value is -1.13. The topological polar surface area (TPSA) is 32.5 Å². The van der Waals surface area contributed by atoms with Crippen molar-refractivity contribution in [1.29, 1.82) is 0 Å². The first kappa shape index (κ1) is 13.9. The van der Waals surface area contributed by atoms with Crippen molar-refractivity contribution in [3.63, 3.8) is 0 Å². The van der Waals surface area contributed by atoms with Crippen LogP contribution in [0, 0.1) is 0 Å². The van der Waals surface area contributed by atoms with E-state index in [0.29, 0.717) is 5.11 Å². The number of para-hydroxylation sites is 1. The SMILES string of the molecule is CCN(CC)CCN(C(N)=S)c1ccccc1. The molecule has 1 aromatic carbocycles. The number of likely N-dealkylation sites (N-methyl/N-ethyl adjacent to an activating group) is 1. The molecule has 0 heterocycles. The van der Waals surface area contributed by atoms with Crippen molar-refractivity contribution in [3.8, 4) is 0 Å². The fourth-order valence-electron chi connectivity index (χ4n) is 1.76. The Bertz CT molecular complexity index is 336. The Morgan fingerprint density at radius 2 is 1.71 bits per heavy atom. The zero-order chi connectivity index (χ0) is 12.7. The lowest BCUT2D eigenvalue weighted by Gasteiger charge is -2.26. The molecule has 1 rings (SSSR count). The summed E-state index contributed by atoms with van der Waals surface area (Å²) in [4.78, 5) is 4.34. The summed E-state index contributed by atoms with van der Waals surface area (Å²) in [7, 11) is 0. The molecule has 0 aliphatic heterocycles. The first-order chi connectivity index (χ1) is 8.19. The van der Waals surface area contributed by atoms with Gasteiger partial charge >= 0.3 is 0 Å². The molecule has 0 saturated heterocycles. The van der Waals surface area contributed by atoms with Gasteiger partial charge in [0.1, 0.15) is 0 Å². The molecule has 0 fully saturated rings. The number of thiocarbonyl (C=S) groups is 1. The van der Waals surface area contributed by atoms with Crippen LogP contribution in [0.25, 0.3) is 0 Å². The lowest BCUT2D eigenvalue weighted by molar-refractivity contribution is 0.313. The molecular formula is C13H21N3S. The summed E-state index contributed by atoms with van der Waals surface area (Å²) in [6.07, 6.45) is 0. The first-order valence-corrected chi connectivity index (χ1v) is 6.44. The quantitative estimate of drug-likeness (QED) is 0.785. The van der Waals surface area contributed by atoms with E-state index in [0.717, 1.165) is 31.9 Å². The van der Waals surface area contributed by atoms with Gasteiger partial charge in [-0.15, -0.1) is 0 Å². The maximum atomic E-state index is 5.78. The van der Waals surface area contributed by atoms with Crippen LogP contribution in [0.4, 0.5) is 5.69 Å². The summed E-state index contributed by atoms with van der Waals surface area (Å²) in [6, 6.07) is 10.0. The molecule has 0 aromatic heterocycles. The molecule has 17 heavy (non-hydrogen) atoms. The van der Waals surface area contributed by atoms with Crippen LogP contribution in [0.3, 0.4) is 0 Å². The highest BCUT2D eigenvalue weighted by Crippen LogP contribution is 2.12. The lowest BCUT2D eigenvalue weighted by Crippen LogP contribution is -2.41. The molecule has 2 N–H and O–H groups in total. The van der Waals surface area contributed by atoms with Crippen molar-refractivity contribution in [2.45, 2.75) is 13.8 Å². The minimum atomic E-state index is 0.434. The molecule has 4 heteroatoms. The Kier molecular flexibility index (Phi) is 5.94. The van der Waals surface area contributed by atoms with Gasteiger partial charge in [0.25, 0.3) is 0 Å². The molecular weight excluding hydrogens is 230 g/mol. The third-order valence-electron chi connectivity index (χ3n) is 2.87. The highest BCUT2D eigenvalue weighted by molar-refractivity contribution is 7.80. The van der Waals surface area contributed by atoms with Gasteiger partial charge in [0.05, 0.1) is 0 Å². The number of nitrogens with two attached hydrogens (primary N) is 1. The van der Waals surface area contributed by atoms with E-state index in [2.05, 4.69) is 18.7 Å². The van der Waals surface area contributed by atoms with E-state index in [1.54, 1.807) is 0 Å². The van der Waals surface area contributed by atoms with Gasteiger partial charge in [-0.3, -0.25) is 0 Å². The third-order valence-corrected chi connectivity index (χ3v) is 3.09. The van der Waals surface area contributed by atoms with E-state index in [9.17, 15) is 0 Å². The summed E-state index contributed by atoms with van der Waals surface area (Å²) in [5.41, 5.74) is 6.84. The lowest BCUT2D eigenvalue weighted by atomic mass is 10.3. The van der Waals surface area contributed by atoms with Crippen molar-refractivity contribution in [2.24, 2.45) is 5.73 Å². The van der Waals surface area contributed by atoms with E-state index in [1.807, 2.05) is 35.2 Å². The van der Waals surface area contributed by atoms with Gasteiger partial charge in [-0.05, 0) is 37.4 Å². The van der Waals surface area contributed by atoms with Crippen molar-refractivity contribution < 1.29 is 0 Å². The van der Waals surface area contributed by atoms with Gasteiger partial charge in [-0.25, -0.2) is 0 Å². The van der Waals surface area contributed by atoms with Gasteiger partial charge in [0.2, 0.25) is 0 Å². The molecule has 0 amide bonds. The van der Waals surface area contributed by atoms with Crippen LogP contribution in [-0.4, -0.2) is 36.2 Å². The van der Waals surface area contributed by atoms with E-state index in [4.69, 9.17) is 18.0 Å². The van der Waals surface area contributed by atoms with Crippen LogP contribution < -0.4 is 10.6 Å². The molecule has 94 valence electrons. The van der Waals surface area contributed by atoms with E-state index >= 15 is 0 Å². The summed E-state index contributed by atoms with van der Waals surface area (Å²) < 4.78 is 0. The van der Waals surface area contributed by atoms with Gasteiger partial charge in [-0.1, -0.05) is 32.0 Å². The fourth-order valence-corrected chi connectivity index (χ4v) is 1.95. The number of benzene rings is 1. The largest absolute Gasteiger partial charge is 0.376 e. The van der Waals surface area contributed by atoms with Gasteiger partial charge in [0.15, 0.2) is 5.11 Å². The van der Waals surface area contributed by atoms with Crippen molar-refractivity contribution in [2.75, 3.05) is 31.1 Å². The summed E-state index contributed by atoms with van der Waals surface area (Å²) >= 11 is 5.11. The zero-order valence-electron chi connectivity index (χ0n) is 10.6. The fraction of sp³-hybridized carbons (Fsp3) is 0.462. The molecule has 0 saturated carbocycles. The Balaban J connectivity index is 2.65. The van der Waals surface area contributed by atoms with E-state index in [-0.39, 0.29) is 0 Å². The summed E-state index contributed by atoms with van der Waals surface area (Å²) in [6.45, 7) is 8.24. The average Bonchev–Trinajstić information content (AvgIpc) is 2.35. The second kappa shape index (κ2) is 7.25. The molecule has 3 nitrogen and oxygen atoms in total. The predicted octanol–water partition coefficient (Wildman–Crippen LogP) is 2.08. The molecule has 0 bridgehead atoms. The highest BCUT2D eigenvalue weighted by Gasteiger charge is 2.10. The van der Waals surface area contributed by atoms with Crippen molar-refractivity contribution in [1.82, 2.24) is 4.90 Å². The number of hydrogen-bond donors (Lipinski definition) is 1. The van der Waals surface area contributed by atoms with Gasteiger partial charge < -0.3 is 15.5 Å². The molecule has 1 aromatic rings. The van der Waals surface area contributed by atoms with Gasteiger partial charge in [0, 0.05) is 18.8 Å². The monoisotopic (exact) mass is 251 g/mol. The summed E-state index contributed by atoms with van der Waals surface area (Å²) in [5.74, 6) is 0. The van der Waals surface area contributed by atoms with Crippen LogP contribution >= 0.6 is 12.2 Å². The number of hydrogen-bond acceptors (Lipinski definition) is 2. The maximum absolute atomic E-state index is 5.78. The molecule has 0 aliphatic carbocycles. The van der Waals surface area contributed by atoms with Crippen LogP contribution in [0.2, 0.25) is 0 Å². The zero-order valence-corrected chi connectivity index (χ0v) is 11.4. The Labute approximate surface area is 109 Å². The number of nitrogens with zero attached hydrogens (tertiary/aromatic N) is 2. The van der Waals surface area contributed by atoms with Crippen LogP contribution in [0.15, 0.2) is 30.3 Å². The molecule has 0 aliphatic rings. The molecule has 0 radical (unpaired) electrons. The maximum Gasteiger partial charge on any atom is 0.170 e. The van der Waals surface area contributed by atoms with Crippen molar-refractivity contribution >= 4 is 23.0 Å². The summed E-state index contributed by atoms with van der Waals surface area (Å²) in [5, 5.41) is 0.434. The van der Waals surface area contributed by atoms with Gasteiger partial charge in [-0.2, -0.15) is 0 Å². The number of rotatable bonds is 6. The minimum absolute atomic E-state index is 0.434. The van der Waals surface area contributed by atoms with Crippen LogP contribution in [0.1, 0.15) is 13.8 Å². The number of anilines is 1. The second-order valence-corrected chi connectivity index (χ2v) is 4.27. The molecule has 0 atom stereocenters. The normalized spacial score (nSPS) is 10.5. The van der Waals surface area contributed by atoms with Crippen LogP contribution in [-0.2, 0) is 0 Å². The Morgan fingerprint density at radius 3 is 2.18 bits per heavy atom. The van der Waals surface area contributed by atoms with E-state index in [1.165, 1.54) is 0 Å².